The average molecular weight is 272 g/mol. The molecule has 0 spiro atoms. The summed E-state index contributed by atoms with van der Waals surface area (Å²) in [6, 6.07) is 9.29. The molecule has 1 heterocycles. The predicted molar refractivity (Wildman–Crippen MR) is 76.4 cm³/mol. The van der Waals surface area contributed by atoms with E-state index in [0.717, 1.165) is 10.9 Å². The summed E-state index contributed by atoms with van der Waals surface area (Å²) in [6.45, 7) is 5.53. The molecule has 0 bridgehead atoms. The number of nitrogens with zero attached hydrogens (tertiary/aromatic N) is 4. The topological polar surface area (TPSA) is 80.0 Å². The number of aromatic nitrogens is 1. The zero-order valence-corrected chi connectivity index (χ0v) is 11.7. The van der Waals surface area contributed by atoms with Crippen LogP contribution in [0.5, 0.6) is 0 Å². The molecule has 0 aliphatic heterocycles. The van der Waals surface area contributed by atoms with Crippen molar-refractivity contribution in [1.29, 1.82) is 0 Å². The fourth-order valence-corrected chi connectivity index (χ4v) is 1.96. The van der Waals surface area contributed by atoms with Gasteiger partial charge in [0.2, 0.25) is 0 Å². The standard InChI is InChI=1S/C14H16N4O2/c1-14(2,3)20-13(19)18-11(9-16-17-15)8-10-6-4-5-7-12(10)18/h4-8H,9H2,1-3H3. The molecule has 0 fully saturated rings. The number of ether oxygens (including phenoxy) is 1. The minimum absolute atomic E-state index is 0.102. The van der Waals surface area contributed by atoms with E-state index in [1.807, 2.05) is 51.1 Å². The van der Waals surface area contributed by atoms with Crippen LogP contribution in [0.3, 0.4) is 0 Å². The van der Waals surface area contributed by atoms with Gasteiger partial charge >= 0.3 is 6.09 Å². The molecule has 0 saturated heterocycles. The second-order valence-electron chi connectivity index (χ2n) is 5.40. The molecule has 0 radical (unpaired) electrons. The van der Waals surface area contributed by atoms with Crippen molar-refractivity contribution < 1.29 is 9.53 Å². The largest absolute Gasteiger partial charge is 0.443 e. The van der Waals surface area contributed by atoms with E-state index in [0.29, 0.717) is 5.69 Å². The Morgan fingerprint density at radius 3 is 2.75 bits per heavy atom. The molecule has 6 heteroatoms. The van der Waals surface area contributed by atoms with E-state index >= 15 is 0 Å². The summed E-state index contributed by atoms with van der Waals surface area (Å²) in [5.41, 5.74) is 9.22. The number of fused-ring (bicyclic) bond motifs is 1. The molecule has 2 aromatic rings. The Kier molecular flexibility index (Phi) is 3.68. The highest BCUT2D eigenvalue weighted by Gasteiger charge is 2.21. The van der Waals surface area contributed by atoms with Crippen LogP contribution in [0.25, 0.3) is 21.3 Å². The first-order valence-electron chi connectivity index (χ1n) is 6.26. The summed E-state index contributed by atoms with van der Waals surface area (Å²) in [5, 5.41) is 4.43. The molecule has 2 rings (SSSR count). The number of carbonyl (C=O) groups is 1. The molecule has 0 aliphatic rings. The molecular weight excluding hydrogens is 256 g/mol. The number of carbonyl (C=O) groups excluding carboxylic acids is 1. The Bertz CT molecular complexity index is 691. The Morgan fingerprint density at radius 1 is 1.40 bits per heavy atom. The van der Waals surface area contributed by atoms with Crippen LogP contribution in [0.1, 0.15) is 26.5 Å². The van der Waals surface area contributed by atoms with Crippen LogP contribution in [-0.2, 0) is 11.3 Å². The third-order valence-corrected chi connectivity index (χ3v) is 2.66. The van der Waals surface area contributed by atoms with Gasteiger partial charge in [-0.3, -0.25) is 0 Å². The quantitative estimate of drug-likeness (QED) is 0.465. The molecule has 20 heavy (non-hydrogen) atoms. The normalized spacial score (nSPS) is 11.2. The number of rotatable bonds is 2. The molecule has 6 nitrogen and oxygen atoms in total. The summed E-state index contributed by atoms with van der Waals surface area (Å²) in [6.07, 6.45) is -0.471. The molecule has 1 aromatic carbocycles. The van der Waals surface area contributed by atoms with E-state index in [4.69, 9.17) is 10.3 Å². The molecule has 0 aliphatic carbocycles. The summed E-state index contributed by atoms with van der Waals surface area (Å²) < 4.78 is 6.85. The van der Waals surface area contributed by atoms with Crippen molar-refractivity contribution in [3.8, 4) is 0 Å². The molecule has 1 aromatic heterocycles. The van der Waals surface area contributed by atoms with Crippen molar-refractivity contribution in [1.82, 2.24) is 4.57 Å². The van der Waals surface area contributed by atoms with Crippen molar-refractivity contribution in [2.45, 2.75) is 32.9 Å². The number of hydrogen-bond acceptors (Lipinski definition) is 3. The van der Waals surface area contributed by atoms with E-state index in [1.165, 1.54) is 4.57 Å². The maximum absolute atomic E-state index is 12.3. The smallest absolute Gasteiger partial charge is 0.419 e. The Morgan fingerprint density at radius 2 is 2.10 bits per heavy atom. The van der Waals surface area contributed by atoms with E-state index < -0.39 is 11.7 Å². The fourth-order valence-electron chi connectivity index (χ4n) is 1.96. The van der Waals surface area contributed by atoms with Crippen molar-refractivity contribution in [2.24, 2.45) is 5.11 Å². The molecule has 0 amide bonds. The molecular formula is C14H16N4O2. The van der Waals surface area contributed by atoms with Gasteiger partial charge in [-0.05, 0) is 38.4 Å². The van der Waals surface area contributed by atoms with Crippen LogP contribution < -0.4 is 0 Å². The maximum atomic E-state index is 12.3. The molecule has 0 N–H and O–H groups in total. The summed E-state index contributed by atoms with van der Waals surface area (Å²) >= 11 is 0. The average Bonchev–Trinajstić information content (AvgIpc) is 2.72. The SMILES string of the molecule is CC(C)(C)OC(=O)n1c(CN=[N+]=[N-])cc2ccccc21. The minimum atomic E-state index is -0.585. The first-order chi connectivity index (χ1) is 9.42. The molecule has 0 atom stereocenters. The van der Waals surface area contributed by atoms with Crippen LogP contribution >= 0.6 is 0 Å². The lowest BCUT2D eigenvalue weighted by Gasteiger charge is -2.20. The van der Waals surface area contributed by atoms with E-state index in [2.05, 4.69) is 10.0 Å². The summed E-state index contributed by atoms with van der Waals surface area (Å²) in [7, 11) is 0. The van der Waals surface area contributed by atoms with Crippen LogP contribution in [0, 0.1) is 0 Å². The number of para-hydroxylation sites is 1. The first-order valence-corrected chi connectivity index (χ1v) is 6.26. The van der Waals surface area contributed by atoms with Crippen LogP contribution in [0.15, 0.2) is 35.4 Å². The van der Waals surface area contributed by atoms with Crippen molar-refractivity contribution in [3.05, 3.63) is 46.5 Å². The van der Waals surface area contributed by atoms with Crippen molar-refractivity contribution >= 4 is 17.0 Å². The van der Waals surface area contributed by atoms with Crippen LogP contribution in [0.2, 0.25) is 0 Å². The minimum Gasteiger partial charge on any atom is -0.443 e. The lowest BCUT2D eigenvalue weighted by atomic mass is 10.2. The van der Waals surface area contributed by atoms with Gasteiger partial charge in [0.15, 0.2) is 0 Å². The highest BCUT2D eigenvalue weighted by molar-refractivity contribution is 5.91. The third kappa shape index (κ3) is 2.92. The Hall–Kier alpha value is -2.46. The molecule has 0 saturated carbocycles. The van der Waals surface area contributed by atoms with Crippen molar-refractivity contribution in [2.75, 3.05) is 0 Å². The number of hydrogen-bond donors (Lipinski definition) is 0. The number of azide groups is 1. The highest BCUT2D eigenvalue weighted by Crippen LogP contribution is 2.22. The summed E-state index contributed by atoms with van der Waals surface area (Å²) in [4.78, 5) is 15.1. The monoisotopic (exact) mass is 272 g/mol. The third-order valence-electron chi connectivity index (χ3n) is 2.66. The zero-order valence-electron chi connectivity index (χ0n) is 11.7. The van der Waals surface area contributed by atoms with Crippen LogP contribution in [0.4, 0.5) is 4.79 Å². The van der Waals surface area contributed by atoms with Gasteiger partial charge in [-0.25, -0.2) is 9.36 Å². The van der Waals surface area contributed by atoms with Crippen LogP contribution in [-0.4, -0.2) is 16.3 Å². The van der Waals surface area contributed by atoms with Gasteiger partial charge in [0, 0.05) is 16.0 Å². The van der Waals surface area contributed by atoms with Gasteiger partial charge in [-0.1, -0.05) is 23.3 Å². The van der Waals surface area contributed by atoms with Gasteiger partial charge in [0.05, 0.1) is 12.1 Å². The Labute approximate surface area is 116 Å². The molecule has 104 valence electrons. The summed E-state index contributed by atoms with van der Waals surface area (Å²) in [5.74, 6) is 0. The van der Waals surface area contributed by atoms with E-state index in [9.17, 15) is 4.79 Å². The van der Waals surface area contributed by atoms with Crippen molar-refractivity contribution in [3.63, 3.8) is 0 Å². The maximum Gasteiger partial charge on any atom is 0.419 e. The van der Waals surface area contributed by atoms with Gasteiger partial charge < -0.3 is 4.74 Å². The lowest BCUT2D eigenvalue weighted by molar-refractivity contribution is 0.0540. The van der Waals surface area contributed by atoms with E-state index in [1.54, 1.807) is 0 Å². The number of benzene rings is 1. The first kappa shape index (κ1) is 14.0. The zero-order chi connectivity index (χ0) is 14.8. The predicted octanol–water partition coefficient (Wildman–Crippen LogP) is 4.23. The van der Waals surface area contributed by atoms with Gasteiger partial charge in [-0.15, -0.1) is 0 Å². The van der Waals surface area contributed by atoms with Gasteiger partial charge in [0.1, 0.15) is 5.60 Å². The lowest BCUT2D eigenvalue weighted by Crippen LogP contribution is -2.27. The fraction of sp³-hybridized carbons (Fsp3) is 0.357. The molecule has 0 unspecified atom stereocenters. The van der Waals surface area contributed by atoms with Gasteiger partial charge in [-0.2, -0.15) is 0 Å². The van der Waals surface area contributed by atoms with E-state index in [-0.39, 0.29) is 6.54 Å². The van der Waals surface area contributed by atoms with Gasteiger partial charge in [0.25, 0.3) is 0 Å². The Balaban J connectivity index is 2.52. The second-order valence-corrected chi connectivity index (χ2v) is 5.40. The highest BCUT2D eigenvalue weighted by atomic mass is 16.6. The second kappa shape index (κ2) is 5.27.